The van der Waals surface area contributed by atoms with E-state index in [4.69, 9.17) is 11.6 Å². The summed E-state index contributed by atoms with van der Waals surface area (Å²) >= 11 is 5.53. The maximum absolute atomic E-state index is 12.6. The minimum atomic E-state index is -0.687. The molecule has 1 aromatic rings. The summed E-state index contributed by atoms with van der Waals surface area (Å²) in [5.74, 6) is -0.479. The van der Waals surface area contributed by atoms with Crippen LogP contribution in [0.15, 0.2) is 30.5 Å². The maximum atomic E-state index is 12.6. The van der Waals surface area contributed by atoms with E-state index >= 15 is 0 Å². The average Bonchev–Trinajstić information content (AvgIpc) is 2.03. The zero-order valence-electron chi connectivity index (χ0n) is 6.41. The molecule has 0 aliphatic carbocycles. The van der Waals surface area contributed by atoms with E-state index in [0.717, 1.165) is 6.07 Å². The van der Waals surface area contributed by atoms with Gasteiger partial charge in [-0.05, 0) is 12.1 Å². The summed E-state index contributed by atoms with van der Waals surface area (Å²) in [6.07, 6.45) is 0.621. The van der Waals surface area contributed by atoms with Crippen LogP contribution in [-0.4, -0.2) is 4.92 Å². The Kier molecular flexibility index (Phi) is 2.97. The van der Waals surface area contributed by atoms with E-state index in [1.807, 2.05) is 0 Å². The summed E-state index contributed by atoms with van der Waals surface area (Å²) in [5.41, 5.74) is 0.290. The fourth-order valence-corrected chi connectivity index (χ4v) is 1.00. The van der Waals surface area contributed by atoms with Crippen LogP contribution in [0.25, 0.3) is 5.03 Å². The molecule has 0 radical (unpaired) electrons. The lowest BCUT2D eigenvalue weighted by molar-refractivity contribution is -0.401. The number of nitrogens with zero attached hydrogens (tertiary/aromatic N) is 1. The molecule has 0 bridgehead atoms. The van der Waals surface area contributed by atoms with Gasteiger partial charge in [0.25, 0.3) is 6.20 Å². The quantitative estimate of drug-likeness (QED) is 0.545. The fourth-order valence-electron chi connectivity index (χ4n) is 0.804. The van der Waals surface area contributed by atoms with Crippen LogP contribution in [0.5, 0.6) is 0 Å². The van der Waals surface area contributed by atoms with Gasteiger partial charge in [-0.3, -0.25) is 10.1 Å². The van der Waals surface area contributed by atoms with E-state index in [2.05, 4.69) is 0 Å². The van der Waals surface area contributed by atoms with Crippen LogP contribution >= 0.6 is 11.6 Å². The highest BCUT2D eigenvalue weighted by Crippen LogP contribution is 2.18. The van der Waals surface area contributed by atoms with E-state index in [1.54, 1.807) is 0 Å². The third kappa shape index (κ3) is 2.83. The van der Waals surface area contributed by atoms with Gasteiger partial charge >= 0.3 is 0 Å². The number of halogens is 2. The van der Waals surface area contributed by atoms with Crippen LogP contribution in [-0.2, 0) is 0 Å². The third-order valence-electron chi connectivity index (χ3n) is 1.32. The summed E-state index contributed by atoms with van der Waals surface area (Å²) in [7, 11) is 0. The van der Waals surface area contributed by atoms with Crippen molar-refractivity contribution in [2.75, 3.05) is 0 Å². The number of rotatable bonds is 2. The summed E-state index contributed by atoms with van der Waals surface area (Å²) in [6.45, 7) is 0. The SMILES string of the molecule is O=[N+]([O-])/C=C(/Cl)c1cccc(F)c1. The lowest BCUT2D eigenvalue weighted by Crippen LogP contribution is -1.86. The van der Waals surface area contributed by atoms with Crippen LogP contribution in [0, 0.1) is 15.9 Å². The molecule has 0 N–H and O–H groups in total. The molecule has 0 fully saturated rings. The van der Waals surface area contributed by atoms with Crippen molar-refractivity contribution in [3.63, 3.8) is 0 Å². The second-order valence-corrected chi connectivity index (χ2v) is 2.68. The molecule has 0 amide bonds. The van der Waals surface area contributed by atoms with Gasteiger partial charge in [-0.25, -0.2) is 4.39 Å². The first-order valence-corrected chi connectivity index (χ1v) is 3.74. The largest absolute Gasteiger partial charge is 0.259 e. The molecule has 1 rings (SSSR count). The molecule has 0 unspecified atom stereocenters. The van der Waals surface area contributed by atoms with Crippen molar-refractivity contribution >= 4 is 16.6 Å². The summed E-state index contributed by atoms with van der Waals surface area (Å²) in [6, 6.07) is 5.29. The summed E-state index contributed by atoms with van der Waals surface area (Å²) < 4.78 is 12.6. The molecule has 0 saturated heterocycles. The third-order valence-corrected chi connectivity index (χ3v) is 1.63. The number of hydrogen-bond donors (Lipinski definition) is 0. The van der Waals surface area contributed by atoms with Gasteiger partial charge in [0.15, 0.2) is 0 Å². The lowest BCUT2D eigenvalue weighted by atomic mass is 10.2. The molecule has 0 aromatic heterocycles. The van der Waals surface area contributed by atoms with E-state index in [1.165, 1.54) is 18.2 Å². The Balaban J connectivity index is 3.02. The molecule has 0 aliphatic heterocycles. The van der Waals surface area contributed by atoms with Gasteiger partial charge in [0.1, 0.15) is 10.8 Å². The minimum absolute atomic E-state index is 0.0931. The first-order chi connectivity index (χ1) is 6.09. The van der Waals surface area contributed by atoms with Gasteiger partial charge in [0.05, 0.1) is 4.92 Å². The topological polar surface area (TPSA) is 43.1 Å². The second-order valence-electron chi connectivity index (χ2n) is 2.27. The highest BCUT2D eigenvalue weighted by molar-refractivity contribution is 6.48. The number of nitro groups is 1. The monoisotopic (exact) mass is 201 g/mol. The van der Waals surface area contributed by atoms with Crippen molar-refractivity contribution in [3.8, 4) is 0 Å². The standard InChI is InChI=1S/C8H5ClFNO2/c9-8(5-11(12)13)6-2-1-3-7(10)4-6/h1-5H/b8-5+. The molecular weight excluding hydrogens is 197 g/mol. The van der Waals surface area contributed by atoms with E-state index in [0.29, 0.717) is 11.8 Å². The normalized spacial score (nSPS) is 11.4. The van der Waals surface area contributed by atoms with Gasteiger partial charge in [0, 0.05) is 5.56 Å². The molecule has 13 heavy (non-hydrogen) atoms. The molecule has 0 atom stereocenters. The van der Waals surface area contributed by atoms with E-state index in [-0.39, 0.29) is 5.03 Å². The molecule has 1 aromatic carbocycles. The predicted octanol–water partition coefficient (Wildman–Crippen LogP) is 2.64. The van der Waals surface area contributed by atoms with Crippen LogP contribution < -0.4 is 0 Å². The van der Waals surface area contributed by atoms with Crippen molar-refractivity contribution in [2.45, 2.75) is 0 Å². The Morgan fingerprint density at radius 2 is 2.31 bits per heavy atom. The van der Waals surface area contributed by atoms with Crippen LogP contribution in [0.2, 0.25) is 0 Å². The smallest absolute Gasteiger partial charge is 0.253 e. The number of benzene rings is 1. The Morgan fingerprint density at radius 1 is 1.62 bits per heavy atom. The highest BCUT2D eigenvalue weighted by atomic mass is 35.5. The predicted molar refractivity (Wildman–Crippen MR) is 47.2 cm³/mol. The van der Waals surface area contributed by atoms with Crippen molar-refractivity contribution in [1.29, 1.82) is 0 Å². The molecule has 5 heteroatoms. The Bertz CT molecular complexity index is 365. The Morgan fingerprint density at radius 3 is 2.85 bits per heavy atom. The maximum Gasteiger partial charge on any atom is 0.253 e. The molecular formula is C8H5ClFNO2. The van der Waals surface area contributed by atoms with Crippen LogP contribution in [0.4, 0.5) is 4.39 Å². The van der Waals surface area contributed by atoms with Crippen molar-refractivity contribution in [1.82, 2.24) is 0 Å². The highest BCUT2D eigenvalue weighted by Gasteiger charge is 2.03. The zero-order chi connectivity index (χ0) is 9.84. The van der Waals surface area contributed by atoms with Crippen molar-refractivity contribution in [2.24, 2.45) is 0 Å². The van der Waals surface area contributed by atoms with Crippen molar-refractivity contribution in [3.05, 3.63) is 52.0 Å². The summed E-state index contributed by atoms with van der Waals surface area (Å²) in [5, 5.41) is 9.93. The minimum Gasteiger partial charge on any atom is -0.259 e. The van der Waals surface area contributed by atoms with Crippen LogP contribution in [0.3, 0.4) is 0 Å². The molecule has 0 saturated carbocycles. The Hall–Kier alpha value is -1.42. The molecule has 0 aliphatic rings. The van der Waals surface area contributed by atoms with E-state index < -0.39 is 10.7 Å². The van der Waals surface area contributed by atoms with Gasteiger partial charge in [0.2, 0.25) is 0 Å². The lowest BCUT2D eigenvalue weighted by Gasteiger charge is -1.95. The molecule has 3 nitrogen and oxygen atoms in total. The van der Waals surface area contributed by atoms with Gasteiger partial charge < -0.3 is 0 Å². The van der Waals surface area contributed by atoms with Crippen molar-refractivity contribution < 1.29 is 9.31 Å². The fraction of sp³-hybridized carbons (Fsp3) is 0. The van der Waals surface area contributed by atoms with Gasteiger partial charge in [-0.1, -0.05) is 23.7 Å². The Labute approximate surface area is 78.6 Å². The first-order valence-electron chi connectivity index (χ1n) is 3.36. The number of hydrogen-bond acceptors (Lipinski definition) is 2. The molecule has 0 spiro atoms. The molecule has 68 valence electrons. The average molecular weight is 202 g/mol. The first kappa shape index (κ1) is 9.67. The molecule has 0 heterocycles. The van der Waals surface area contributed by atoms with Crippen LogP contribution in [0.1, 0.15) is 5.56 Å². The van der Waals surface area contributed by atoms with Gasteiger partial charge in [-0.15, -0.1) is 0 Å². The summed E-state index contributed by atoms with van der Waals surface area (Å²) in [4.78, 5) is 9.33. The van der Waals surface area contributed by atoms with Gasteiger partial charge in [-0.2, -0.15) is 0 Å². The zero-order valence-corrected chi connectivity index (χ0v) is 7.16. The second kappa shape index (κ2) is 4.00. The van der Waals surface area contributed by atoms with E-state index in [9.17, 15) is 14.5 Å².